The number of aryl methyl sites for hydroxylation is 1. The lowest BCUT2D eigenvalue weighted by molar-refractivity contribution is 0.198. The first-order chi connectivity index (χ1) is 18.8. The van der Waals surface area contributed by atoms with Crippen molar-refractivity contribution in [3.8, 4) is 16.3 Å². The summed E-state index contributed by atoms with van der Waals surface area (Å²) in [6.45, 7) is 9.51. The van der Waals surface area contributed by atoms with Gasteiger partial charge in [-0.25, -0.2) is 9.97 Å². The van der Waals surface area contributed by atoms with Crippen molar-refractivity contribution in [2.45, 2.75) is 46.6 Å². The largest absolute Gasteiger partial charge is 0.492 e. The monoisotopic (exact) mass is 597 g/mol. The summed E-state index contributed by atoms with van der Waals surface area (Å²) in [6, 6.07) is 13.4. The zero-order valence-corrected chi connectivity index (χ0v) is 25.6. The molecule has 0 amide bonds. The zero-order valence-electron chi connectivity index (χ0n) is 23.0. The highest BCUT2D eigenvalue weighted by Gasteiger charge is 2.51. The van der Waals surface area contributed by atoms with Gasteiger partial charge in [0.1, 0.15) is 16.6 Å². The third kappa shape index (κ3) is 8.44. The fraction of sp³-hybridized carbons (Fsp3) is 0.462. The van der Waals surface area contributed by atoms with Crippen molar-refractivity contribution in [2.75, 3.05) is 38.4 Å². The second-order valence-electron chi connectivity index (χ2n) is 8.13. The van der Waals surface area contributed by atoms with Crippen molar-refractivity contribution in [1.29, 1.82) is 0 Å². The van der Waals surface area contributed by atoms with Gasteiger partial charge in [0.25, 0.3) is 0 Å². The topological polar surface area (TPSA) is 118 Å². The van der Waals surface area contributed by atoms with Crippen molar-refractivity contribution in [2.24, 2.45) is 0 Å². The van der Waals surface area contributed by atoms with Crippen LogP contribution >= 0.6 is 26.5 Å². The Morgan fingerprint density at radius 1 is 0.872 bits per heavy atom. The Balaban J connectivity index is 1.70. The van der Waals surface area contributed by atoms with E-state index in [4.69, 9.17) is 27.8 Å². The zero-order chi connectivity index (χ0) is 28.3. The van der Waals surface area contributed by atoms with Gasteiger partial charge in [-0.15, -0.1) is 11.3 Å². The van der Waals surface area contributed by atoms with E-state index in [1.807, 2.05) is 30.3 Å². The van der Waals surface area contributed by atoms with E-state index in [1.54, 1.807) is 51.2 Å². The van der Waals surface area contributed by atoms with Crippen LogP contribution in [0, 0.1) is 6.92 Å². The van der Waals surface area contributed by atoms with Crippen LogP contribution < -0.4 is 10.1 Å². The maximum atomic E-state index is 13.7. The van der Waals surface area contributed by atoms with Crippen LogP contribution in [-0.2, 0) is 33.6 Å². The highest BCUT2D eigenvalue weighted by molar-refractivity contribution is 7.72. The Hall–Kier alpha value is -2.10. The van der Waals surface area contributed by atoms with Crippen LogP contribution in [0.15, 0.2) is 48.7 Å². The Morgan fingerprint density at radius 2 is 1.46 bits per heavy atom. The molecule has 39 heavy (non-hydrogen) atoms. The highest BCUT2D eigenvalue weighted by Crippen LogP contribution is 2.70. The van der Waals surface area contributed by atoms with E-state index in [1.165, 1.54) is 6.20 Å². The van der Waals surface area contributed by atoms with Gasteiger partial charge >= 0.3 is 15.2 Å². The molecular weight excluding hydrogens is 560 g/mol. The van der Waals surface area contributed by atoms with E-state index >= 15 is 0 Å². The summed E-state index contributed by atoms with van der Waals surface area (Å²) in [6.07, 6.45) is 2.18. The predicted octanol–water partition coefficient (Wildman–Crippen LogP) is 7.36. The first kappa shape index (κ1) is 31.4. The van der Waals surface area contributed by atoms with Crippen molar-refractivity contribution in [3.63, 3.8) is 0 Å². The van der Waals surface area contributed by atoms with Crippen molar-refractivity contribution < 1.29 is 32.0 Å². The SMILES string of the molecule is CCOP(=O)(OCC)C(Nc1ccc(OCCc2nc(-c3ccccc3)sc2C)cn1)P(=O)(OCC)OCC. The minimum atomic E-state index is -3.97. The molecule has 3 rings (SSSR count). The lowest BCUT2D eigenvalue weighted by atomic mass is 10.2. The Kier molecular flexibility index (Phi) is 12.1. The molecule has 2 aromatic heterocycles. The molecular formula is C26H37N3O7P2S. The Labute approximate surface area is 234 Å². The number of rotatable bonds is 17. The number of hydrogen-bond donors (Lipinski definition) is 1. The molecule has 0 saturated carbocycles. The third-order valence-electron chi connectivity index (χ3n) is 5.37. The molecule has 0 bridgehead atoms. The number of benzene rings is 1. The number of aromatic nitrogens is 2. The van der Waals surface area contributed by atoms with Crippen molar-refractivity contribution in [1.82, 2.24) is 9.97 Å². The van der Waals surface area contributed by atoms with Crippen LogP contribution in [-0.4, -0.2) is 48.5 Å². The molecule has 0 fully saturated rings. The van der Waals surface area contributed by atoms with Crippen molar-refractivity contribution >= 4 is 32.3 Å². The van der Waals surface area contributed by atoms with Gasteiger partial charge in [0.15, 0.2) is 0 Å². The molecule has 214 valence electrons. The van der Waals surface area contributed by atoms with E-state index in [0.717, 1.165) is 21.1 Å². The van der Waals surface area contributed by atoms with Gasteiger partial charge in [0.2, 0.25) is 5.52 Å². The maximum absolute atomic E-state index is 13.7. The summed E-state index contributed by atoms with van der Waals surface area (Å²) in [5.74, 6) is 0.832. The first-order valence-electron chi connectivity index (χ1n) is 12.9. The molecule has 0 unspecified atom stereocenters. The maximum Gasteiger partial charge on any atom is 0.365 e. The van der Waals surface area contributed by atoms with Gasteiger partial charge in [-0.1, -0.05) is 30.3 Å². The molecule has 0 aliphatic heterocycles. The number of nitrogens with zero attached hydrogens (tertiary/aromatic N) is 2. The van der Waals surface area contributed by atoms with E-state index in [9.17, 15) is 9.13 Å². The van der Waals surface area contributed by atoms with Gasteiger partial charge in [-0.05, 0) is 46.8 Å². The number of ether oxygens (including phenoxy) is 1. The molecule has 0 aliphatic carbocycles. The fourth-order valence-electron chi connectivity index (χ4n) is 3.72. The molecule has 1 N–H and O–H groups in total. The lowest BCUT2D eigenvalue weighted by Crippen LogP contribution is -2.26. The first-order valence-corrected chi connectivity index (χ1v) is 17.0. The standard InChI is InChI=1S/C26H37N3O7P2S/c1-6-33-37(30,34-7-2)26(38(31,35-8-3)36-9-4)29-24-16-15-22(19-27-24)32-18-17-23-20(5)39-25(28-23)21-13-11-10-12-14-21/h10-16,19,26H,6-9,17-18H2,1-5H3,(H,27,29). The number of anilines is 1. The number of hydrogen-bond acceptors (Lipinski definition) is 11. The molecule has 10 nitrogen and oxygen atoms in total. The van der Waals surface area contributed by atoms with Crippen LogP contribution in [0.3, 0.4) is 0 Å². The molecule has 3 aromatic rings. The second-order valence-corrected chi connectivity index (χ2v) is 14.0. The second kappa shape index (κ2) is 15.1. The molecule has 0 radical (unpaired) electrons. The molecule has 13 heteroatoms. The molecule has 0 atom stereocenters. The minimum Gasteiger partial charge on any atom is -0.492 e. The smallest absolute Gasteiger partial charge is 0.365 e. The molecule has 1 aromatic carbocycles. The number of thiazole rings is 1. The van der Waals surface area contributed by atoms with Crippen LogP contribution in [0.1, 0.15) is 38.3 Å². The molecule has 0 aliphatic rings. The number of nitrogens with one attached hydrogen (secondary N) is 1. The predicted molar refractivity (Wildman–Crippen MR) is 155 cm³/mol. The van der Waals surface area contributed by atoms with Crippen LogP contribution in [0.2, 0.25) is 0 Å². The van der Waals surface area contributed by atoms with Gasteiger partial charge in [-0.2, -0.15) is 0 Å². The summed E-state index contributed by atoms with van der Waals surface area (Å²) >= 11 is 1.66. The Morgan fingerprint density at radius 3 is 1.97 bits per heavy atom. The third-order valence-corrected chi connectivity index (χ3v) is 12.1. The average Bonchev–Trinajstić information content (AvgIpc) is 3.29. The summed E-state index contributed by atoms with van der Waals surface area (Å²) in [4.78, 5) is 10.3. The van der Waals surface area contributed by atoms with Crippen LogP contribution in [0.5, 0.6) is 5.75 Å². The Bertz CT molecular complexity index is 1210. The fourth-order valence-corrected chi connectivity index (χ4v) is 9.61. The molecule has 2 heterocycles. The number of pyridine rings is 1. The highest BCUT2D eigenvalue weighted by atomic mass is 32.1. The minimum absolute atomic E-state index is 0.0826. The van der Waals surface area contributed by atoms with Gasteiger partial charge in [0, 0.05) is 16.9 Å². The van der Waals surface area contributed by atoms with E-state index in [0.29, 0.717) is 18.8 Å². The summed E-state index contributed by atoms with van der Waals surface area (Å²) in [5, 5.41) is 3.92. The quantitative estimate of drug-likeness (QED) is 0.158. The normalized spacial score (nSPS) is 12.2. The van der Waals surface area contributed by atoms with Crippen molar-refractivity contribution in [3.05, 3.63) is 59.2 Å². The molecule has 0 spiro atoms. The lowest BCUT2D eigenvalue weighted by Gasteiger charge is -2.31. The van der Waals surface area contributed by atoms with E-state index in [-0.39, 0.29) is 32.2 Å². The van der Waals surface area contributed by atoms with Crippen LogP contribution in [0.4, 0.5) is 5.82 Å². The average molecular weight is 598 g/mol. The molecule has 0 saturated heterocycles. The van der Waals surface area contributed by atoms with E-state index in [2.05, 4.69) is 17.2 Å². The van der Waals surface area contributed by atoms with Gasteiger partial charge in [-0.3, -0.25) is 9.13 Å². The van der Waals surface area contributed by atoms with Crippen LogP contribution in [0.25, 0.3) is 10.6 Å². The van der Waals surface area contributed by atoms with E-state index < -0.39 is 20.7 Å². The van der Waals surface area contributed by atoms with Gasteiger partial charge < -0.3 is 28.1 Å². The summed E-state index contributed by atoms with van der Waals surface area (Å²) in [7, 11) is -7.93. The van der Waals surface area contributed by atoms with Gasteiger partial charge in [0.05, 0.1) is 44.9 Å². The summed E-state index contributed by atoms with van der Waals surface area (Å²) < 4.78 is 55.2. The summed E-state index contributed by atoms with van der Waals surface area (Å²) in [5.41, 5.74) is 0.688.